The number of hydrogen-bond donors (Lipinski definition) is 1. The van der Waals surface area contributed by atoms with Gasteiger partial charge >= 0.3 is 6.09 Å². The van der Waals surface area contributed by atoms with Crippen LogP contribution in [0.5, 0.6) is 5.75 Å². The summed E-state index contributed by atoms with van der Waals surface area (Å²) in [5.74, 6) is 0.591. The molecule has 0 spiro atoms. The van der Waals surface area contributed by atoms with Crippen molar-refractivity contribution in [1.82, 2.24) is 5.32 Å². The van der Waals surface area contributed by atoms with Gasteiger partial charge in [0.15, 0.2) is 0 Å². The van der Waals surface area contributed by atoms with Gasteiger partial charge in [0, 0.05) is 5.56 Å². The van der Waals surface area contributed by atoms with Crippen molar-refractivity contribution in [3.05, 3.63) is 29.8 Å². The summed E-state index contributed by atoms with van der Waals surface area (Å²) in [7, 11) is 0. The van der Waals surface area contributed by atoms with Crippen LogP contribution in [0, 0.1) is 0 Å². The van der Waals surface area contributed by atoms with Crippen molar-refractivity contribution in [1.29, 1.82) is 0 Å². The number of hydrogen-bond acceptors (Lipinski definition) is 4. The van der Waals surface area contributed by atoms with Crippen molar-refractivity contribution in [2.24, 2.45) is 0 Å². The van der Waals surface area contributed by atoms with Crippen LogP contribution in [-0.4, -0.2) is 30.6 Å². The molecule has 110 valence electrons. The van der Waals surface area contributed by atoms with Crippen LogP contribution in [0.1, 0.15) is 38.1 Å². The maximum Gasteiger partial charge on any atom is 0.407 e. The van der Waals surface area contributed by atoms with Gasteiger partial charge in [0.05, 0.1) is 6.54 Å². The second-order valence-corrected chi connectivity index (χ2v) is 5.50. The molecule has 0 aliphatic heterocycles. The van der Waals surface area contributed by atoms with E-state index in [9.17, 15) is 9.59 Å². The highest BCUT2D eigenvalue weighted by Crippen LogP contribution is 2.13. The quantitative estimate of drug-likeness (QED) is 0.842. The Morgan fingerprint density at radius 2 is 2.10 bits per heavy atom. The molecular formula is C15H21NO4. The van der Waals surface area contributed by atoms with E-state index >= 15 is 0 Å². The lowest BCUT2D eigenvalue weighted by molar-refractivity contribution is 0.0505. The van der Waals surface area contributed by atoms with Crippen LogP contribution in [0.25, 0.3) is 0 Å². The first kappa shape index (κ1) is 16.0. The molecule has 1 unspecified atom stereocenters. The van der Waals surface area contributed by atoms with Crippen molar-refractivity contribution in [2.75, 3.05) is 6.54 Å². The molecular weight excluding hydrogens is 258 g/mol. The minimum absolute atomic E-state index is 0.232. The molecule has 0 heterocycles. The average Bonchev–Trinajstić information content (AvgIpc) is 2.34. The predicted octanol–water partition coefficient (Wildman–Crippen LogP) is 2.79. The number of carbonyl (C=O) groups is 2. The maximum atomic E-state index is 11.5. The second kappa shape index (κ2) is 6.93. The number of amides is 1. The molecule has 20 heavy (non-hydrogen) atoms. The Labute approximate surface area is 119 Å². The van der Waals surface area contributed by atoms with Crippen LogP contribution in [0.3, 0.4) is 0 Å². The summed E-state index contributed by atoms with van der Waals surface area (Å²) in [5.41, 5.74) is 0.0294. The molecule has 1 atom stereocenters. The van der Waals surface area contributed by atoms with E-state index in [1.54, 1.807) is 45.0 Å². The summed E-state index contributed by atoms with van der Waals surface area (Å²) in [6, 6.07) is 6.85. The monoisotopic (exact) mass is 279 g/mol. The fourth-order valence-electron chi connectivity index (χ4n) is 1.48. The summed E-state index contributed by atoms with van der Waals surface area (Å²) in [6.07, 6.45) is 0.0511. The molecule has 0 radical (unpaired) electrons. The van der Waals surface area contributed by atoms with Gasteiger partial charge in [-0.1, -0.05) is 12.1 Å². The standard InChI is InChI=1S/C15H21NO4/c1-11(9-16-14(18)20-15(2,3)4)19-13-7-5-6-12(8-13)10-17/h5-8,10-11H,9H2,1-4H3,(H,16,18). The molecule has 0 fully saturated rings. The molecule has 1 aromatic rings. The number of ether oxygens (including phenoxy) is 2. The highest BCUT2D eigenvalue weighted by atomic mass is 16.6. The van der Waals surface area contributed by atoms with E-state index < -0.39 is 11.7 Å². The van der Waals surface area contributed by atoms with Crippen LogP contribution in [0.15, 0.2) is 24.3 Å². The van der Waals surface area contributed by atoms with Crippen LogP contribution in [0.4, 0.5) is 4.79 Å². The summed E-state index contributed by atoms with van der Waals surface area (Å²) in [5, 5.41) is 2.63. The van der Waals surface area contributed by atoms with Gasteiger partial charge in [-0.3, -0.25) is 4.79 Å². The van der Waals surface area contributed by atoms with Gasteiger partial charge in [-0.25, -0.2) is 4.79 Å². The molecule has 0 aliphatic rings. The molecule has 0 bridgehead atoms. The lowest BCUT2D eigenvalue weighted by atomic mass is 10.2. The fraction of sp³-hybridized carbons (Fsp3) is 0.467. The van der Waals surface area contributed by atoms with Crippen LogP contribution >= 0.6 is 0 Å². The van der Waals surface area contributed by atoms with Gasteiger partial charge in [0.1, 0.15) is 23.7 Å². The smallest absolute Gasteiger partial charge is 0.407 e. The summed E-state index contributed by atoms with van der Waals surface area (Å²) in [4.78, 5) is 22.1. The van der Waals surface area contributed by atoms with Gasteiger partial charge in [0.25, 0.3) is 0 Å². The number of aldehydes is 1. The molecule has 5 heteroatoms. The largest absolute Gasteiger partial charge is 0.489 e. The second-order valence-electron chi connectivity index (χ2n) is 5.50. The lowest BCUT2D eigenvalue weighted by Gasteiger charge is -2.21. The summed E-state index contributed by atoms with van der Waals surface area (Å²) < 4.78 is 10.7. The third-order valence-electron chi connectivity index (χ3n) is 2.26. The van der Waals surface area contributed by atoms with Crippen LogP contribution in [-0.2, 0) is 4.74 Å². The molecule has 1 rings (SSSR count). The van der Waals surface area contributed by atoms with Gasteiger partial charge in [-0.05, 0) is 39.8 Å². The number of benzene rings is 1. The Hall–Kier alpha value is -2.04. The van der Waals surface area contributed by atoms with Gasteiger partial charge in [0.2, 0.25) is 0 Å². The van der Waals surface area contributed by atoms with E-state index in [2.05, 4.69) is 5.32 Å². The first-order chi connectivity index (χ1) is 9.30. The zero-order chi connectivity index (χ0) is 15.2. The normalized spacial score (nSPS) is 12.4. The molecule has 1 N–H and O–H groups in total. The first-order valence-electron chi connectivity index (χ1n) is 6.49. The maximum absolute atomic E-state index is 11.5. The molecule has 0 saturated heterocycles. The molecule has 5 nitrogen and oxygen atoms in total. The van der Waals surface area contributed by atoms with E-state index in [0.29, 0.717) is 17.9 Å². The van der Waals surface area contributed by atoms with E-state index in [0.717, 1.165) is 6.29 Å². The topological polar surface area (TPSA) is 64.6 Å². The SMILES string of the molecule is CC(CNC(=O)OC(C)(C)C)Oc1cccc(C=O)c1. The van der Waals surface area contributed by atoms with Crippen LogP contribution < -0.4 is 10.1 Å². The number of rotatable bonds is 5. The van der Waals surface area contributed by atoms with Gasteiger partial charge < -0.3 is 14.8 Å². The zero-order valence-corrected chi connectivity index (χ0v) is 12.3. The minimum Gasteiger partial charge on any atom is -0.489 e. The average molecular weight is 279 g/mol. The Morgan fingerprint density at radius 3 is 2.70 bits per heavy atom. The molecule has 1 amide bonds. The highest BCUT2D eigenvalue weighted by Gasteiger charge is 2.16. The Kier molecular flexibility index (Phi) is 5.55. The van der Waals surface area contributed by atoms with E-state index in [1.807, 2.05) is 6.92 Å². The number of carbonyl (C=O) groups excluding carboxylic acids is 2. The Bertz CT molecular complexity index is 465. The van der Waals surface area contributed by atoms with Crippen molar-refractivity contribution in [3.63, 3.8) is 0 Å². The summed E-state index contributed by atoms with van der Waals surface area (Å²) in [6.45, 7) is 7.55. The van der Waals surface area contributed by atoms with E-state index in [1.165, 1.54) is 0 Å². The predicted molar refractivity (Wildman–Crippen MR) is 76.2 cm³/mol. The van der Waals surface area contributed by atoms with Gasteiger partial charge in [-0.15, -0.1) is 0 Å². The Balaban J connectivity index is 2.41. The van der Waals surface area contributed by atoms with Gasteiger partial charge in [-0.2, -0.15) is 0 Å². The summed E-state index contributed by atoms with van der Waals surface area (Å²) >= 11 is 0. The first-order valence-corrected chi connectivity index (χ1v) is 6.49. The number of nitrogens with one attached hydrogen (secondary N) is 1. The third-order valence-corrected chi connectivity index (χ3v) is 2.26. The molecule has 0 aliphatic carbocycles. The van der Waals surface area contributed by atoms with E-state index in [4.69, 9.17) is 9.47 Å². The van der Waals surface area contributed by atoms with E-state index in [-0.39, 0.29) is 6.10 Å². The van der Waals surface area contributed by atoms with Crippen molar-refractivity contribution < 1.29 is 19.1 Å². The van der Waals surface area contributed by atoms with Crippen molar-refractivity contribution >= 4 is 12.4 Å². The molecule has 0 aromatic heterocycles. The number of alkyl carbamates (subject to hydrolysis) is 1. The molecule has 0 saturated carbocycles. The zero-order valence-electron chi connectivity index (χ0n) is 12.3. The third kappa shape index (κ3) is 6.22. The van der Waals surface area contributed by atoms with Crippen molar-refractivity contribution in [3.8, 4) is 5.75 Å². The minimum atomic E-state index is -0.521. The Morgan fingerprint density at radius 1 is 1.40 bits per heavy atom. The highest BCUT2D eigenvalue weighted by molar-refractivity contribution is 5.75. The fourth-order valence-corrected chi connectivity index (χ4v) is 1.48. The lowest BCUT2D eigenvalue weighted by Crippen LogP contribution is -2.37. The molecule has 1 aromatic carbocycles. The van der Waals surface area contributed by atoms with Crippen molar-refractivity contribution in [2.45, 2.75) is 39.4 Å². The van der Waals surface area contributed by atoms with Crippen LogP contribution in [0.2, 0.25) is 0 Å².